The van der Waals surface area contributed by atoms with Crippen LogP contribution >= 0.6 is 15.9 Å². The van der Waals surface area contributed by atoms with Gasteiger partial charge in [-0.25, -0.2) is 0 Å². The van der Waals surface area contributed by atoms with Gasteiger partial charge in [0, 0.05) is 24.6 Å². The molecule has 0 radical (unpaired) electrons. The number of carboxylic acids is 1. The van der Waals surface area contributed by atoms with E-state index in [0.29, 0.717) is 31.5 Å². The number of halogens is 1. The number of rotatable bonds is 4. The van der Waals surface area contributed by atoms with Crippen molar-refractivity contribution in [3.05, 3.63) is 33.8 Å². The molecule has 2 rings (SSSR count). The number of piperidine rings is 1. The van der Waals surface area contributed by atoms with Gasteiger partial charge in [-0.3, -0.25) is 14.4 Å². The lowest BCUT2D eigenvalue weighted by Crippen LogP contribution is -2.45. The number of benzene rings is 1. The van der Waals surface area contributed by atoms with Gasteiger partial charge >= 0.3 is 5.97 Å². The molecule has 2 amide bonds. The van der Waals surface area contributed by atoms with Gasteiger partial charge in [-0.05, 0) is 47.3 Å². The van der Waals surface area contributed by atoms with E-state index < -0.39 is 5.97 Å². The first-order valence-electron chi connectivity index (χ1n) is 7.82. The monoisotopic (exact) mass is 396 g/mol. The summed E-state index contributed by atoms with van der Waals surface area (Å²) in [5.74, 6) is -1.56. The number of carbonyl (C=O) groups is 3. The van der Waals surface area contributed by atoms with Crippen molar-refractivity contribution in [2.75, 3.05) is 26.7 Å². The van der Waals surface area contributed by atoms with Crippen LogP contribution in [0.4, 0.5) is 0 Å². The average molecular weight is 397 g/mol. The highest BCUT2D eigenvalue weighted by Crippen LogP contribution is 2.22. The van der Waals surface area contributed by atoms with Crippen molar-refractivity contribution in [1.29, 1.82) is 0 Å². The number of hydrogen-bond acceptors (Lipinski definition) is 3. The Morgan fingerprint density at radius 3 is 2.50 bits per heavy atom. The Morgan fingerprint density at radius 2 is 1.92 bits per heavy atom. The van der Waals surface area contributed by atoms with E-state index in [0.717, 1.165) is 10.0 Å². The molecule has 1 aliphatic rings. The zero-order chi connectivity index (χ0) is 17.9. The van der Waals surface area contributed by atoms with E-state index in [9.17, 15) is 14.4 Å². The summed E-state index contributed by atoms with van der Waals surface area (Å²) in [5.41, 5.74) is 1.48. The Hall–Kier alpha value is -1.89. The molecule has 0 bridgehead atoms. The quantitative estimate of drug-likeness (QED) is 0.845. The predicted molar refractivity (Wildman–Crippen MR) is 92.8 cm³/mol. The van der Waals surface area contributed by atoms with Gasteiger partial charge in [0.2, 0.25) is 5.91 Å². The minimum Gasteiger partial charge on any atom is -0.481 e. The van der Waals surface area contributed by atoms with Crippen molar-refractivity contribution in [3.63, 3.8) is 0 Å². The van der Waals surface area contributed by atoms with Gasteiger partial charge in [0.15, 0.2) is 0 Å². The first-order valence-corrected chi connectivity index (χ1v) is 8.61. The van der Waals surface area contributed by atoms with Crippen molar-refractivity contribution < 1.29 is 19.5 Å². The standard InChI is InChI=1S/C17H21BrN2O4/c1-11-4-3-5-13(15(11)18)16(22)19(2)10-14(21)20-8-6-12(7-9-20)17(23)24/h3-5,12H,6-10H2,1-2H3,(H,23,24). The molecule has 130 valence electrons. The molecule has 1 N–H and O–H groups in total. The number of aryl methyl sites for hydroxylation is 1. The van der Waals surface area contributed by atoms with Crippen LogP contribution in [-0.4, -0.2) is 59.4 Å². The molecule has 0 atom stereocenters. The zero-order valence-electron chi connectivity index (χ0n) is 13.8. The Morgan fingerprint density at radius 1 is 1.29 bits per heavy atom. The van der Waals surface area contributed by atoms with Crippen molar-refractivity contribution in [2.24, 2.45) is 5.92 Å². The third-order valence-corrected chi connectivity index (χ3v) is 5.39. The number of likely N-dealkylation sites (tertiary alicyclic amines) is 1. The molecular weight excluding hydrogens is 376 g/mol. The van der Waals surface area contributed by atoms with Crippen LogP contribution in [0.2, 0.25) is 0 Å². The van der Waals surface area contributed by atoms with Gasteiger partial charge in [-0.2, -0.15) is 0 Å². The highest BCUT2D eigenvalue weighted by atomic mass is 79.9. The van der Waals surface area contributed by atoms with Crippen molar-refractivity contribution >= 4 is 33.7 Å². The van der Waals surface area contributed by atoms with Crippen LogP contribution in [0.5, 0.6) is 0 Å². The van der Waals surface area contributed by atoms with Crippen molar-refractivity contribution in [2.45, 2.75) is 19.8 Å². The number of hydrogen-bond donors (Lipinski definition) is 1. The van der Waals surface area contributed by atoms with Gasteiger partial charge in [-0.15, -0.1) is 0 Å². The van der Waals surface area contributed by atoms with E-state index in [1.54, 1.807) is 24.1 Å². The third-order valence-electron chi connectivity index (χ3n) is 4.34. The minimum absolute atomic E-state index is 0.0169. The van der Waals surface area contributed by atoms with E-state index >= 15 is 0 Å². The number of carbonyl (C=O) groups excluding carboxylic acids is 2. The molecule has 0 aliphatic carbocycles. The lowest BCUT2D eigenvalue weighted by molar-refractivity contribution is -0.145. The molecule has 1 saturated heterocycles. The van der Waals surface area contributed by atoms with Gasteiger partial charge < -0.3 is 14.9 Å². The summed E-state index contributed by atoms with van der Waals surface area (Å²) in [5, 5.41) is 8.99. The lowest BCUT2D eigenvalue weighted by atomic mass is 9.97. The molecule has 1 aromatic rings. The smallest absolute Gasteiger partial charge is 0.306 e. The second kappa shape index (κ2) is 7.79. The summed E-state index contributed by atoms with van der Waals surface area (Å²) in [6.07, 6.45) is 0.921. The van der Waals surface area contributed by atoms with Crippen LogP contribution in [0.25, 0.3) is 0 Å². The molecule has 0 aromatic heterocycles. The molecular formula is C17H21BrN2O4. The van der Waals surface area contributed by atoms with Crippen LogP contribution in [0.1, 0.15) is 28.8 Å². The fourth-order valence-corrected chi connectivity index (χ4v) is 3.20. The Balaban J connectivity index is 1.95. The van der Waals surface area contributed by atoms with Crippen molar-refractivity contribution in [1.82, 2.24) is 9.80 Å². The number of amides is 2. The largest absolute Gasteiger partial charge is 0.481 e. The highest BCUT2D eigenvalue weighted by Gasteiger charge is 2.28. The average Bonchev–Trinajstić information content (AvgIpc) is 2.56. The second-order valence-electron chi connectivity index (χ2n) is 6.09. The van der Waals surface area contributed by atoms with Gasteiger partial charge in [0.25, 0.3) is 5.91 Å². The maximum atomic E-state index is 12.5. The van der Waals surface area contributed by atoms with E-state index in [1.807, 2.05) is 13.0 Å². The van der Waals surface area contributed by atoms with Crippen LogP contribution in [-0.2, 0) is 9.59 Å². The molecule has 7 heteroatoms. The Kier molecular flexibility index (Phi) is 5.99. The summed E-state index contributed by atoms with van der Waals surface area (Å²) in [6.45, 7) is 2.73. The molecule has 24 heavy (non-hydrogen) atoms. The summed E-state index contributed by atoms with van der Waals surface area (Å²) in [7, 11) is 1.60. The maximum Gasteiger partial charge on any atom is 0.306 e. The number of carboxylic acid groups (broad SMARTS) is 1. The molecule has 0 saturated carbocycles. The summed E-state index contributed by atoms with van der Waals surface area (Å²) < 4.78 is 0.733. The highest BCUT2D eigenvalue weighted by molar-refractivity contribution is 9.10. The molecule has 1 heterocycles. The van der Waals surface area contributed by atoms with E-state index in [4.69, 9.17) is 5.11 Å². The number of likely N-dealkylation sites (N-methyl/N-ethyl adjacent to an activating group) is 1. The number of aliphatic carboxylic acids is 1. The Labute approximate surface area is 149 Å². The van der Waals surface area contributed by atoms with Crippen LogP contribution in [0.15, 0.2) is 22.7 Å². The zero-order valence-corrected chi connectivity index (χ0v) is 15.4. The molecule has 6 nitrogen and oxygen atoms in total. The topological polar surface area (TPSA) is 77.9 Å². The van der Waals surface area contributed by atoms with Gasteiger partial charge in [-0.1, -0.05) is 12.1 Å². The van der Waals surface area contributed by atoms with E-state index in [1.165, 1.54) is 4.90 Å². The summed E-state index contributed by atoms with van der Waals surface area (Å²) in [6, 6.07) is 5.43. The molecule has 1 fully saturated rings. The lowest BCUT2D eigenvalue weighted by Gasteiger charge is -2.31. The maximum absolute atomic E-state index is 12.5. The van der Waals surface area contributed by atoms with Crippen LogP contribution in [0.3, 0.4) is 0 Å². The van der Waals surface area contributed by atoms with Gasteiger partial charge in [0.05, 0.1) is 18.0 Å². The fourth-order valence-electron chi connectivity index (χ4n) is 2.77. The van der Waals surface area contributed by atoms with Gasteiger partial charge in [0.1, 0.15) is 0 Å². The predicted octanol–water partition coefficient (Wildman–Crippen LogP) is 2.15. The Bertz CT molecular complexity index is 654. The number of nitrogens with zero attached hydrogens (tertiary/aromatic N) is 2. The van der Waals surface area contributed by atoms with Crippen LogP contribution in [0, 0.1) is 12.8 Å². The third kappa shape index (κ3) is 4.14. The first kappa shape index (κ1) is 18.4. The fraction of sp³-hybridized carbons (Fsp3) is 0.471. The van der Waals surface area contributed by atoms with E-state index in [2.05, 4.69) is 15.9 Å². The summed E-state index contributed by atoms with van der Waals surface area (Å²) >= 11 is 3.41. The second-order valence-corrected chi connectivity index (χ2v) is 6.88. The van der Waals surface area contributed by atoms with E-state index in [-0.39, 0.29) is 24.3 Å². The SMILES string of the molecule is Cc1cccc(C(=O)N(C)CC(=O)N2CCC(C(=O)O)CC2)c1Br. The first-order chi connectivity index (χ1) is 11.3. The molecule has 0 spiro atoms. The van der Waals surface area contributed by atoms with Crippen molar-refractivity contribution in [3.8, 4) is 0 Å². The molecule has 1 aromatic carbocycles. The summed E-state index contributed by atoms with van der Waals surface area (Å²) in [4.78, 5) is 38.9. The molecule has 0 unspecified atom stereocenters. The van der Waals surface area contributed by atoms with Crippen LogP contribution < -0.4 is 0 Å². The minimum atomic E-state index is -0.807. The molecule has 1 aliphatic heterocycles. The normalized spacial score (nSPS) is 15.2.